The largest absolute Gasteiger partial charge is 0.349 e. The summed E-state index contributed by atoms with van der Waals surface area (Å²) in [7, 11) is 0. The maximum absolute atomic E-state index is 12.0. The predicted molar refractivity (Wildman–Crippen MR) is 63.8 cm³/mol. The Balaban J connectivity index is 1.74. The lowest BCUT2D eigenvalue weighted by molar-refractivity contribution is 0.0925. The SMILES string of the molecule is O=C(NC(C1CC1)C1CC1)c1ccc[nH]c1=O. The molecule has 3 rings (SSSR count). The summed E-state index contributed by atoms with van der Waals surface area (Å²) >= 11 is 0. The minimum atomic E-state index is -0.310. The number of carbonyl (C=O) groups excluding carboxylic acids is 1. The zero-order chi connectivity index (χ0) is 11.8. The van der Waals surface area contributed by atoms with Crippen molar-refractivity contribution in [2.45, 2.75) is 31.7 Å². The second-order valence-corrected chi connectivity index (χ2v) is 5.09. The van der Waals surface area contributed by atoms with Gasteiger partial charge in [0, 0.05) is 12.2 Å². The fraction of sp³-hybridized carbons (Fsp3) is 0.538. The van der Waals surface area contributed by atoms with Crippen LogP contribution in [0.4, 0.5) is 0 Å². The number of pyridine rings is 1. The van der Waals surface area contributed by atoms with E-state index in [1.165, 1.54) is 25.7 Å². The molecule has 17 heavy (non-hydrogen) atoms. The summed E-state index contributed by atoms with van der Waals surface area (Å²) in [6.07, 6.45) is 6.40. The lowest BCUT2D eigenvalue weighted by Crippen LogP contribution is -2.40. The predicted octanol–water partition coefficient (Wildman–Crippen LogP) is 1.29. The second kappa shape index (κ2) is 4.02. The molecule has 0 aliphatic heterocycles. The molecule has 0 unspecified atom stereocenters. The quantitative estimate of drug-likeness (QED) is 0.821. The van der Waals surface area contributed by atoms with E-state index in [2.05, 4.69) is 10.3 Å². The number of hydrogen-bond acceptors (Lipinski definition) is 2. The van der Waals surface area contributed by atoms with Gasteiger partial charge < -0.3 is 10.3 Å². The molecular weight excluding hydrogens is 216 g/mol. The molecule has 2 aliphatic carbocycles. The number of H-pyrrole nitrogens is 1. The van der Waals surface area contributed by atoms with Gasteiger partial charge in [-0.15, -0.1) is 0 Å². The van der Waals surface area contributed by atoms with E-state index in [9.17, 15) is 9.59 Å². The molecule has 0 spiro atoms. The van der Waals surface area contributed by atoms with Crippen LogP contribution in [0.1, 0.15) is 36.0 Å². The van der Waals surface area contributed by atoms with Crippen LogP contribution in [0, 0.1) is 11.8 Å². The molecule has 2 aliphatic rings. The number of carbonyl (C=O) groups is 1. The van der Waals surface area contributed by atoms with Crippen LogP contribution in [0.2, 0.25) is 0 Å². The van der Waals surface area contributed by atoms with Crippen molar-refractivity contribution in [1.29, 1.82) is 0 Å². The van der Waals surface area contributed by atoms with Gasteiger partial charge in [0.05, 0.1) is 0 Å². The van der Waals surface area contributed by atoms with Gasteiger partial charge in [-0.25, -0.2) is 0 Å². The van der Waals surface area contributed by atoms with Gasteiger partial charge in [0.15, 0.2) is 0 Å². The maximum atomic E-state index is 12.0. The fourth-order valence-electron chi connectivity index (χ4n) is 2.36. The number of aromatic amines is 1. The molecule has 4 nitrogen and oxygen atoms in total. The van der Waals surface area contributed by atoms with E-state index in [-0.39, 0.29) is 17.0 Å². The van der Waals surface area contributed by atoms with Crippen molar-refractivity contribution in [2.24, 2.45) is 11.8 Å². The first-order valence-corrected chi connectivity index (χ1v) is 6.24. The minimum Gasteiger partial charge on any atom is -0.349 e. The standard InChI is InChI=1S/C13H16N2O2/c16-12-10(2-1-7-14-12)13(17)15-11(8-3-4-8)9-5-6-9/h1-2,7-9,11H,3-6H2,(H,14,16)(H,15,17). The molecule has 0 aromatic carbocycles. The molecule has 1 amide bonds. The Labute approximate surface area is 99.4 Å². The van der Waals surface area contributed by atoms with E-state index in [1.807, 2.05) is 0 Å². The van der Waals surface area contributed by atoms with Gasteiger partial charge in [-0.2, -0.15) is 0 Å². The highest BCUT2D eigenvalue weighted by Gasteiger charge is 2.42. The van der Waals surface area contributed by atoms with Crippen molar-refractivity contribution in [2.75, 3.05) is 0 Å². The van der Waals surface area contributed by atoms with Gasteiger partial charge in [0.1, 0.15) is 5.56 Å². The Morgan fingerprint density at radius 1 is 1.29 bits per heavy atom. The third kappa shape index (κ3) is 2.25. The molecule has 2 fully saturated rings. The lowest BCUT2D eigenvalue weighted by Gasteiger charge is -2.17. The van der Waals surface area contributed by atoms with E-state index in [0.717, 1.165) is 0 Å². The monoisotopic (exact) mass is 232 g/mol. The molecule has 4 heteroatoms. The van der Waals surface area contributed by atoms with Gasteiger partial charge in [0.2, 0.25) is 0 Å². The topological polar surface area (TPSA) is 62.0 Å². The van der Waals surface area contributed by atoms with E-state index in [1.54, 1.807) is 18.3 Å². The summed E-state index contributed by atoms with van der Waals surface area (Å²) in [6, 6.07) is 3.55. The molecule has 2 N–H and O–H groups in total. The normalized spacial score (nSPS) is 19.4. The van der Waals surface area contributed by atoms with Crippen LogP contribution >= 0.6 is 0 Å². The zero-order valence-corrected chi connectivity index (χ0v) is 9.61. The Morgan fingerprint density at radius 2 is 1.94 bits per heavy atom. The van der Waals surface area contributed by atoms with Crippen molar-refractivity contribution >= 4 is 5.91 Å². The highest BCUT2D eigenvalue weighted by atomic mass is 16.2. The molecule has 90 valence electrons. The van der Waals surface area contributed by atoms with Crippen LogP contribution in [-0.2, 0) is 0 Å². The lowest BCUT2D eigenvalue weighted by atomic mass is 10.1. The zero-order valence-electron chi connectivity index (χ0n) is 9.61. The van der Waals surface area contributed by atoms with E-state index in [4.69, 9.17) is 0 Å². The molecule has 2 saturated carbocycles. The summed E-state index contributed by atoms with van der Waals surface area (Å²) in [5, 5.41) is 3.04. The van der Waals surface area contributed by atoms with Crippen LogP contribution in [-0.4, -0.2) is 16.9 Å². The second-order valence-electron chi connectivity index (χ2n) is 5.09. The highest BCUT2D eigenvalue weighted by molar-refractivity contribution is 5.94. The average molecular weight is 232 g/mol. The first-order valence-electron chi connectivity index (χ1n) is 6.24. The Hall–Kier alpha value is -1.58. The summed E-state index contributed by atoms with van der Waals surface area (Å²) in [5.74, 6) is 1.07. The number of rotatable bonds is 4. The highest BCUT2D eigenvalue weighted by Crippen LogP contribution is 2.44. The summed E-state index contributed by atoms with van der Waals surface area (Å²) in [4.78, 5) is 26.0. The molecule has 0 bridgehead atoms. The fourth-order valence-corrected chi connectivity index (χ4v) is 2.36. The van der Waals surface area contributed by atoms with Crippen molar-refractivity contribution in [1.82, 2.24) is 10.3 Å². The van der Waals surface area contributed by atoms with Gasteiger partial charge in [-0.05, 0) is 49.7 Å². The van der Waals surface area contributed by atoms with Crippen molar-refractivity contribution in [3.8, 4) is 0 Å². The van der Waals surface area contributed by atoms with Gasteiger partial charge in [-0.3, -0.25) is 9.59 Å². The van der Waals surface area contributed by atoms with Gasteiger partial charge >= 0.3 is 0 Å². The number of amides is 1. The van der Waals surface area contributed by atoms with E-state index >= 15 is 0 Å². The third-order valence-corrected chi connectivity index (χ3v) is 3.62. The Morgan fingerprint density at radius 3 is 2.47 bits per heavy atom. The molecule has 0 radical (unpaired) electrons. The van der Waals surface area contributed by atoms with Crippen LogP contribution in [0.25, 0.3) is 0 Å². The first-order chi connectivity index (χ1) is 8.25. The van der Waals surface area contributed by atoms with Crippen LogP contribution in [0.15, 0.2) is 23.1 Å². The third-order valence-electron chi connectivity index (χ3n) is 3.62. The molecular formula is C13H16N2O2. The minimum absolute atomic E-state index is 0.221. The van der Waals surface area contributed by atoms with Crippen molar-refractivity contribution in [3.05, 3.63) is 34.2 Å². The van der Waals surface area contributed by atoms with Crippen molar-refractivity contribution < 1.29 is 4.79 Å². The average Bonchev–Trinajstić information content (AvgIpc) is 3.16. The molecule has 1 aromatic heterocycles. The molecule has 0 saturated heterocycles. The van der Waals surface area contributed by atoms with Crippen molar-refractivity contribution in [3.63, 3.8) is 0 Å². The summed E-state index contributed by atoms with van der Waals surface area (Å²) in [6.45, 7) is 0. The van der Waals surface area contributed by atoms with Gasteiger partial charge in [0.25, 0.3) is 11.5 Å². The summed E-state index contributed by atoms with van der Waals surface area (Å²) in [5.41, 5.74) is -0.0888. The van der Waals surface area contributed by atoms with E-state index in [0.29, 0.717) is 17.9 Å². The van der Waals surface area contributed by atoms with Crippen LogP contribution < -0.4 is 10.9 Å². The molecule has 0 atom stereocenters. The summed E-state index contributed by atoms with van der Waals surface area (Å²) < 4.78 is 0. The Bertz CT molecular complexity index is 474. The molecule has 1 aromatic rings. The van der Waals surface area contributed by atoms with Gasteiger partial charge in [-0.1, -0.05) is 0 Å². The van der Waals surface area contributed by atoms with Crippen LogP contribution in [0.5, 0.6) is 0 Å². The number of hydrogen-bond donors (Lipinski definition) is 2. The molecule has 1 heterocycles. The maximum Gasteiger partial charge on any atom is 0.260 e. The Kier molecular flexibility index (Phi) is 2.50. The number of nitrogens with one attached hydrogen (secondary N) is 2. The number of aromatic nitrogens is 1. The van der Waals surface area contributed by atoms with Crippen LogP contribution in [0.3, 0.4) is 0 Å². The first kappa shape index (κ1) is 10.6. The smallest absolute Gasteiger partial charge is 0.260 e. The van der Waals surface area contributed by atoms with E-state index < -0.39 is 0 Å².